The number of hydrogen-bond acceptors (Lipinski definition) is 6. The number of benzene rings is 3. The molecule has 0 aliphatic carbocycles. The molecule has 1 amide bonds. The van der Waals surface area contributed by atoms with Crippen molar-refractivity contribution in [1.82, 2.24) is 5.43 Å². The molecule has 3 aromatic rings. The quantitative estimate of drug-likeness (QED) is 0.188. The molecule has 0 spiro atoms. The van der Waals surface area contributed by atoms with E-state index in [9.17, 15) is 9.59 Å². The Balaban J connectivity index is 1.57. The highest BCUT2D eigenvalue weighted by Crippen LogP contribution is 2.29. The minimum Gasteiger partial charge on any atom is -0.493 e. The maximum Gasteiger partial charge on any atom is 0.344 e. The summed E-state index contributed by atoms with van der Waals surface area (Å²) >= 11 is 9.30. The van der Waals surface area contributed by atoms with Crippen LogP contribution in [0, 0.1) is 6.92 Å². The van der Waals surface area contributed by atoms with E-state index in [4.69, 9.17) is 25.8 Å². The van der Waals surface area contributed by atoms with E-state index in [1.54, 1.807) is 60.7 Å². The van der Waals surface area contributed by atoms with Crippen molar-refractivity contribution < 1.29 is 23.8 Å². The van der Waals surface area contributed by atoms with E-state index >= 15 is 0 Å². The molecule has 170 valence electrons. The van der Waals surface area contributed by atoms with Gasteiger partial charge < -0.3 is 14.2 Å². The van der Waals surface area contributed by atoms with Gasteiger partial charge in [0.15, 0.2) is 18.1 Å². The summed E-state index contributed by atoms with van der Waals surface area (Å²) in [5, 5.41) is 4.54. The average Bonchev–Trinajstić information content (AvgIpc) is 2.81. The van der Waals surface area contributed by atoms with Gasteiger partial charge in [-0.15, -0.1) is 0 Å². The van der Waals surface area contributed by atoms with Gasteiger partial charge in [-0.05, 0) is 82.5 Å². The number of esters is 1. The van der Waals surface area contributed by atoms with Crippen LogP contribution in [0.2, 0.25) is 5.02 Å². The fraction of sp³-hybridized carbons (Fsp3) is 0.125. The molecule has 0 aromatic heterocycles. The van der Waals surface area contributed by atoms with Crippen LogP contribution in [0.1, 0.15) is 21.5 Å². The van der Waals surface area contributed by atoms with E-state index in [2.05, 4.69) is 26.5 Å². The van der Waals surface area contributed by atoms with Gasteiger partial charge in [-0.3, -0.25) is 4.79 Å². The van der Waals surface area contributed by atoms with Crippen LogP contribution in [-0.4, -0.2) is 31.8 Å². The number of nitrogens with one attached hydrogen (secondary N) is 1. The number of amides is 1. The van der Waals surface area contributed by atoms with Gasteiger partial charge in [0.25, 0.3) is 5.91 Å². The van der Waals surface area contributed by atoms with Crippen molar-refractivity contribution >= 4 is 45.6 Å². The third-order valence-corrected chi connectivity index (χ3v) is 5.50. The molecule has 0 radical (unpaired) electrons. The van der Waals surface area contributed by atoms with Crippen LogP contribution in [0.15, 0.2) is 70.2 Å². The van der Waals surface area contributed by atoms with Gasteiger partial charge in [-0.25, -0.2) is 10.2 Å². The predicted molar refractivity (Wildman–Crippen MR) is 130 cm³/mol. The number of methoxy groups -OCH3 is 1. The lowest BCUT2D eigenvalue weighted by Gasteiger charge is -2.10. The maximum atomic E-state index is 12.4. The van der Waals surface area contributed by atoms with Crippen molar-refractivity contribution in [3.63, 3.8) is 0 Å². The molecule has 3 rings (SSSR count). The van der Waals surface area contributed by atoms with Crippen molar-refractivity contribution in [1.29, 1.82) is 0 Å². The summed E-state index contributed by atoms with van der Waals surface area (Å²) in [4.78, 5) is 24.4. The van der Waals surface area contributed by atoms with E-state index in [1.165, 1.54) is 13.3 Å². The first-order valence-electron chi connectivity index (χ1n) is 9.73. The zero-order valence-corrected chi connectivity index (χ0v) is 20.1. The molecule has 0 unspecified atom stereocenters. The van der Waals surface area contributed by atoms with E-state index in [0.717, 1.165) is 5.56 Å². The van der Waals surface area contributed by atoms with Crippen LogP contribution in [0.25, 0.3) is 0 Å². The van der Waals surface area contributed by atoms with Crippen LogP contribution in [0.3, 0.4) is 0 Å². The highest BCUT2D eigenvalue weighted by atomic mass is 79.9. The summed E-state index contributed by atoms with van der Waals surface area (Å²) in [6.07, 6.45) is 1.44. The Labute approximate surface area is 204 Å². The molecule has 0 aliphatic rings. The molecule has 3 aromatic carbocycles. The van der Waals surface area contributed by atoms with Gasteiger partial charge in [0.1, 0.15) is 5.75 Å². The number of ether oxygens (including phenoxy) is 3. The second kappa shape index (κ2) is 11.5. The lowest BCUT2D eigenvalue weighted by Crippen LogP contribution is -2.24. The van der Waals surface area contributed by atoms with Crippen LogP contribution < -0.4 is 19.6 Å². The van der Waals surface area contributed by atoms with Crippen LogP contribution in [0.5, 0.6) is 17.2 Å². The number of carbonyl (C=O) groups is 2. The van der Waals surface area contributed by atoms with E-state index in [-0.39, 0.29) is 12.4 Å². The van der Waals surface area contributed by atoms with E-state index in [1.807, 2.05) is 6.92 Å². The number of carbonyl (C=O) groups excluding carboxylic acids is 2. The third kappa shape index (κ3) is 6.81. The van der Waals surface area contributed by atoms with Crippen molar-refractivity contribution in [2.24, 2.45) is 5.10 Å². The van der Waals surface area contributed by atoms with Crippen molar-refractivity contribution in [3.05, 3.63) is 86.8 Å². The standard InChI is InChI=1S/C24H20BrClN2O5/c1-15-11-17(8-9-20(15)26)32-14-23(29)28-27-13-16-7-10-21(22(12-16)31-2)33-24(30)18-5-3-4-6-19(18)25/h3-13H,14H2,1-2H3,(H,28,29)/b27-13+. The van der Waals surface area contributed by atoms with Crippen LogP contribution in [0.4, 0.5) is 0 Å². The minimum absolute atomic E-state index is 0.203. The van der Waals surface area contributed by atoms with Gasteiger partial charge in [0.05, 0.1) is 18.9 Å². The summed E-state index contributed by atoms with van der Waals surface area (Å²) in [5.41, 5.74) is 4.26. The summed E-state index contributed by atoms with van der Waals surface area (Å²) in [5.74, 6) is 0.182. The Morgan fingerprint density at radius 2 is 1.88 bits per heavy atom. The SMILES string of the molecule is COc1cc(/C=N/NC(=O)COc2ccc(Cl)c(C)c2)ccc1OC(=O)c1ccccc1Br. The molecule has 9 heteroatoms. The topological polar surface area (TPSA) is 86.2 Å². The highest BCUT2D eigenvalue weighted by Gasteiger charge is 2.15. The predicted octanol–water partition coefficient (Wildman–Crippen LogP) is 5.17. The lowest BCUT2D eigenvalue weighted by atomic mass is 10.2. The molecule has 1 N–H and O–H groups in total. The second-order valence-electron chi connectivity index (χ2n) is 6.77. The Morgan fingerprint density at radius 1 is 1.09 bits per heavy atom. The zero-order chi connectivity index (χ0) is 23.8. The van der Waals surface area contributed by atoms with Crippen molar-refractivity contribution in [2.45, 2.75) is 6.92 Å². The zero-order valence-electron chi connectivity index (χ0n) is 17.8. The lowest BCUT2D eigenvalue weighted by molar-refractivity contribution is -0.123. The molecule has 0 saturated heterocycles. The minimum atomic E-state index is -0.523. The average molecular weight is 532 g/mol. The van der Waals surface area contributed by atoms with E-state index < -0.39 is 11.9 Å². The summed E-state index contributed by atoms with van der Waals surface area (Å²) in [6.45, 7) is 1.65. The molecule has 7 nitrogen and oxygen atoms in total. The fourth-order valence-corrected chi connectivity index (χ4v) is 3.26. The monoisotopic (exact) mass is 530 g/mol. The maximum absolute atomic E-state index is 12.4. The van der Waals surface area contributed by atoms with Gasteiger partial charge in [0.2, 0.25) is 0 Å². The summed E-state index contributed by atoms with van der Waals surface area (Å²) in [6, 6.07) is 17.0. The Kier molecular flexibility index (Phi) is 8.46. The molecule has 33 heavy (non-hydrogen) atoms. The Bertz CT molecular complexity index is 1200. The van der Waals surface area contributed by atoms with Gasteiger partial charge >= 0.3 is 5.97 Å². The van der Waals surface area contributed by atoms with E-state index in [0.29, 0.717) is 32.1 Å². The fourth-order valence-electron chi connectivity index (χ4n) is 2.70. The number of hydrazone groups is 1. The third-order valence-electron chi connectivity index (χ3n) is 4.39. The largest absolute Gasteiger partial charge is 0.493 e. The van der Waals surface area contributed by atoms with Gasteiger partial charge in [-0.1, -0.05) is 23.7 Å². The Hall–Kier alpha value is -3.36. The molecule has 0 fully saturated rings. The molecule has 0 atom stereocenters. The van der Waals surface area contributed by atoms with Crippen LogP contribution in [-0.2, 0) is 4.79 Å². The van der Waals surface area contributed by atoms with Gasteiger partial charge in [0, 0.05) is 9.50 Å². The molecule has 0 heterocycles. The second-order valence-corrected chi connectivity index (χ2v) is 8.03. The first-order chi connectivity index (χ1) is 15.9. The van der Waals surface area contributed by atoms with Crippen molar-refractivity contribution in [2.75, 3.05) is 13.7 Å². The molecule has 0 saturated carbocycles. The van der Waals surface area contributed by atoms with Crippen LogP contribution >= 0.6 is 27.5 Å². The normalized spacial score (nSPS) is 10.7. The molecular weight excluding hydrogens is 512 g/mol. The number of rotatable bonds is 8. The summed E-state index contributed by atoms with van der Waals surface area (Å²) in [7, 11) is 1.46. The number of hydrogen-bond donors (Lipinski definition) is 1. The molecule has 0 aliphatic heterocycles. The first-order valence-corrected chi connectivity index (χ1v) is 10.9. The highest BCUT2D eigenvalue weighted by molar-refractivity contribution is 9.10. The molecular formula is C24H20BrClN2O5. The molecule has 0 bridgehead atoms. The Morgan fingerprint density at radius 3 is 2.61 bits per heavy atom. The number of halogens is 2. The van der Waals surface area contributed by atoms with Crippen molar-refractivity contribution in [3.8, 4) is 17.2 Å². The first kappa shape index (κ1) is 24.3. The number of nitrogens with zero attached hydrogens (tertiary/aromatic N) is 1. The number of aryl methyl sites for hydroxylation is 1. The summed E-state index contributed by atoms with van der Waals surface area (Å²) < 4.78 is 16.8. The smallest absolute Gasteiger partial charge is 0.344 e. The van der Waals surface area contributed by atoms with Gasteiger partial charge in [-0.2, -0.15) is 5.10 Å².